The van der Waals surface area contributed by atoms with Crippen molar-refractivity contribution in [3.63, 3.8) is 0 Å². The molecule has 112 valence electrons. The molecule has 6 heteroatoms. The van der Waals surface area contributed by atoms with Gasteiger partial charge in [-0.2, -0.15) is 13.9 Å². The Morgan fingerprint density at radius 3 is 2.43 bits per heavy atom. The van der Waals surface area contributed by atoms with Crippen LogP contribution in [-0.4, -0.2) is 14.8 Å². The topological polar surface area (TPSA) is 66.3 Å². The van der Waals surface area contributed by atoms with E-state index >= 15 is 0 Å². The number of phenols is 2. The van der Waals surface area contributed by atoms with E-state index in [2.05, 4.69) is 0 Å². The molecule has 0 aliphatic rings. The second-order valence-electron chi connectivity index (χ2n) is 4.69. The third kappa shape index (κ3) is 3.44. The summed E-state index contributed by atoms with van der Waals surface area (Å²) >= 11 is 0. The van der Waals surface area contributed by atoms with Gasteiger partial charge in [0.25, 0.3) is 0 Å². The number of nitrogens with zero attached hydrogens (tertiary/aromatic N) is 2. The summed E-state index contributed by atoms with van der Waals surface area (Å²) in [5.41, 5.74) is 2.26. The average Bonchev–Trinajstić information content (AvgIpc) is 2.42. The Balaban J connectivity index is 0.00000220. The van der Waals surface area contributed by atoms with Crippen molar-refractivity contribution in [2.24, 2.45) is 14.1 Å². The average molecular weight is 309 g/mol. The number of aryl methyl sites for hydroxylation is 1. The molecular weight excluding hydrogens is 292 g/mol. The Labute approximate surface area is 128 Å². The highest BCUT2D eigenvalue weighted by atomic mass is 35.5. The second kappa shape index (κ2) is 6.45. The van der Waals surface area contributed by atoms with E-state index in [-0.39, 0.29) is 29.6 Å². The van der Waals surface area contributed by atoms with Gasteiger partial charge in [-0.15, -0.1) is 0 Å². The minimum atomic E-state index is -0.170. The minimum absolute atomic E-state index is 0. The molecule has 0 spiro atoms. The monoisotopic (exact) mass is 308 g/mol. The molecule has 0 radical (unpaired) electrons. The molecule has 0 amide bonds. The van der Waals surface area contributed by atoms with Gasteiger partial charge in [-0.1, -0.05) is 12.1 Å². The van der Waals surface area contributed by atoms with Crippen LogP contribution >= 0.6 is 0 Å². The summed E-state index contributed by atoms with van der Waals surface area (Å²) in [6.07, 6.45) is 3.56. The van der Waals surface area contributed by atoms with Crippen LogP contribution in [0.3, 0.4) is 0 Å². The second-order valence-corrected chi connectivity index (χ2v) is 4.69. The minimum Gasteiger partial charge on any atom is -1.00 e. The van der Waals surface area contributed by atoms with Crippen LogP contribution < -0.4 is 22.7 Å². The van der Waals surface area contributed by atoms with Crippen LogP contribution in [0.5, 0.6) is 11.5 Å². The third-order valence-corrected chi connectivity index (χ3v) is 3.29. The first-order chi connectivity index (χ1) is 9.40. The Bertz CT molecular complexity index is 751. The molecule has 1 aromatic heterocycles. The van der Waals surface area contributed by atoms with Gasteiger partial charge in [0, 0.05) is 6.07 Å². The van der Waals surface area contributed by atoms with Crippen molar-refractivity contribution in [1.82, 2.24) is 4.57 Å². The van der Waals surface area contributed by atoms with Gasteiger partial charge in [-0.25, -0.2) is 0 Å². The van der Waals surface area contributed by atoms with Gasteiger partial charge in [-0.3, -0.25) is 0 Å². The van der Waals surface area contributed by atoms with Gasteiger partial charge >= 0.3 is 5.69 Å². The summed E-state index contributed by atoms with van der Waals surface area (Å²) in [5, 5.41) is 18.7. The zero-order valence-corrected chi connectivity index (χ0v) is 12.8. The fourth-order valence-corrected chi connectivity index (χ4v) is 1.88. The Morgan fingerprint density at radius 2 is 1.81 bits per heavy atom. The van der Waals surface area contributed by atoms with Crippen molar-refractivity contribution < 1.29 is 27.2 Å². The zero-order valence-electron chi connectivity index (χ0n) is 12.0. The van der Waals surface area contributed by atoms with Crippen molar-refractivity contribution in [3.8, 4) is 11.5 Å². The molecule has 0 atom stereocenters. The van der Waals surface area contributed by atoms with Crippen LogP contribution in [0.4, 0.5) is 0 Å². The lowest BCUT2D eigenvalue weighted by Crippen LogP contribution is -3.00. The molecule has 0 unspecified atom stereocenters. The summed E-state index contributed by atoms with van der Waals surface area (Å²) in [7, 11) is 3.43. The van der Waals surface area contributed by atoms with Crippen LogP contribution in [0, 0.1) is 6.92 Å². The first-order valence-electron chi connectivity index (χ1n) is 6.17. The van der Waals surface area contributed by atoms with Gasteiger partial charge in [0.1, 0.15) is 11.4 Å². The summed E-state index contributed by atoms with van der Waals surface area (Å²) < 4.78 is 3.12. The molecule has 0 aliphatic heterocycles. The molecule has 0 saturated carbocycles. The fraction of sp³-hybridized carbons (Fsp3) is 0.200. The highest BCUT2D eigenvalue weighted by molar-refractivity contribution is 5.68. The number of halogens is 1. The first kappa shape index (κ1) is 16.8. The van der Waals surface area contributed by atoms with Crippen molar-refractivity contribution >= 4 is 12.2 Å². The van der Waals surface area contributed by atoms with Crippen molar-refractivity contribution in [2.45, 2.75) is 6.92 Å². The Hall–Kier alpha value is -2.27. The quantitative estimate of drug-likeness (QED) is 0.503. The van der Waals surface area contributed by atoms with Crippen molar-refractivity contribution in [2.75, 3.05) is 0 Å². The molecule has 1 heterocycles. The third-order valence-electron chi connectivity index (χ3n) is 3.29. The molecular formula is C15H17ClN2O3. The normalized spacial score (nSPS) is 10.6. The number of benzene rings is 1. The molecule has 21 heavy (non-hydrogen) atoms. The van der Waals surface area contributed by atoms with Crippen LogP contribution in [0.1, 0.15) is 17.0 Å². The number of hydrogen-bond donors (Lipinski definition) is 2. The molecule has 2 aromatic rings. The van der Waals surface area contributed by atoms with Crippen molar-refractivity contribution in [3.05, 3.63) is 51.7 Å². The Kier molecular flexibility index (Phi) is 5.16. The summed E-state index contributed by atoms with van der Waals surface area (Å²) in [5.74, 6) is -0.325. The summed E-state index contributed by atoms with van der Waals surface area (Å²) in [6.45, 7) is 1.87. The molecule has 0 saturated heterocycles. The van der Waals surface area contributed by atoms with Gasteiger partial charge < -0.3 is 22.6 Å². The summed E-state index contributed by atoms with van der Waals surface area (Å²) in [4.78, 5) is 11.9. The maximum Gasteiger partial charge on any atom is 0.498 e. The maximum atomic E-state index is 11.9. The largest absolute Gasteiger partial charge is 1.00 e. The lowest BCUT2D eigenvalue weighted by atomic mass is 10.1. The zero-order chi connectivity index (χ0) is 14.9. The van der Waals surface area contributed by atoms with Gasteiger partial charge in [-0.05, 0) is 30.7 Å². The maximum absolute atomic E-state index is 11.9. The smallest absolute Gasteiger partial charge is 0.498 e. The van der Waals surface area contributed by atoms with E-state index < -0.39 is 0 Å². The van der Waals surface area contributed by atoms with E-state index in [0.717, 1.165) is 17.0 Å². The molecule has 0 fully saturated rings. The summed E-state index contributed by atoms with van der Waals surface area (Å²) in [6, 6.07) is 6.46. The molecule has 0 bridgehead atoms. The first-order valence-corrected chi connectivity index (χ1v) is 6.17. The van der Waals surface area contributed by atoms with E-state index in [9.17, 15) is 15.0 Å². The van der Waals surface area contributed by atoms with Gasteiger partial charge in [0.15, 0.2) is 11.5 Å². The number of rotatable bonds is 2. The van der Waals surface area contributed by atoms with Crippen molar-refractivity contribution in [1.29, 1.82) is 0 Å². The van der Waals surface area contributed by atoms with Gasteiger partial charge in [0.2, 0.25) is 0 Å². The number of aromatic hydroxyl groups is 2. The van der Waals surface area contributed by atoms with E-state index in [1.807, 2.05) is 13.0 Å². The lowest BCUT2D eigenvalue weighted by Gasteiger charge is -2.02. The van der Waals surface area contributed by atoms with Crippen LogP contribution in [-0.2, 0) is 14.1 Å². The van der Waals surface area contributed by atoms with E-state index in [0.29, 0.717) is 0 Å². The SMILES string of the molecule is Cc1cc(C=Cc2ccc(O)c(O)c2)[n+](C)c(=O)n1C.[Cl-]. The molecule has 0 aliphatic carbocycles. The molecule has 1 aromatic carbocycles. The van der Waals surface area contributed by atoms with Gasteiger partial charge in [0.05, 0.1) is 14.1 Å². The lowest BCUT2D eigenvalue weighted by molar-refractivity contribution is -0.692. The molecule has 2 N–H and O–H groups in total. The van der Waals surface area contributed by atoms with Crippen LogP contribution in [0.25, 0.3) is 12.2 Å². The molecule has 2 rings (SSSR count). The van der Waals surface area contributed by atoms with E-state index in [4.69, 9.17) is 0 Å². The number of phenolic OH excluding ortho intramolecular Hbond substituents is 2. The number of hydrogen-bond acceptors (Lipinski definition) is 3. The van der Waals surface area contributed by atoms with Crippen LogP contribution in [0.15, 0.2) is 29.1 Å². The van der Waals surface area contributed by atoms with E-state index in [1.165, 1.54) is 12.1 Å². The number of aromatic nitrogens is 2. The Morgan fingerprint density at radius 1 is 1.14 bits per heavy atom. The predicted octanol–water partition coefficient (Wildman–Crippen LogP) is -1.90. The highest BCUT2D eigenvalue weighted by Crippen LogP contribution is 2.25. The van der Waals surface area contributed by atoms with E-state index in [1.54, 1.807) is 41.4 Å². The standard InChI is InChI=1S/C15H16N2O3.ClH/c1-10-8-12(17(3)15(20)16(10)2)6-4-11-5-7-13(18)14(19)9-11;/h4-9,19H,1-3H3;1H. The molecule has 5 nitrogen and oxygen atoms in total. The highest BCUT2D eigenvalue weighted by Gasteiger charge is 2.11. The van der Waals surface area contributed by atoms with Crippen LogP contribution in [0.2, 0.25) is 0 Å². The predicted molar refractivity (Wildman–Crippen MR) is 76.3 cm³/mol. The fourth-order valence-electron chi connectivity index (χ4n) is 1.88.